The molecule has 1 fully saturated rings. The molecule has 22 heteroatoms. The van der Waals surface area contributed by atoms with E-state index in [-0.39, 0.29) is 70.1 Å². The van der Waals surface area contributed by atoms with E-state index in [1.165, 1.54) is 0 Å². The first-order valence-electron chi connectivity index (χ1n) is 29.0. The Bertz CT molecular complexity index is 1550. The van der Waals surface area contributed by atoms with E-state index >= 15 is 0 Å². The lowest BCUT2D eigenvalue weighted by molar-refractivity contribution is -0.205. The molecule has 79 heavy (non-hydrogen) atoms. The Balaban J connectivity index is 2.50. The maximum absolute atomic E-state index is 11.0. The van der Waals surface area contributed by atoms with Crippen LogP contribution in [0.15, 0.2) is 37.5 Å². The van der Waals surface area contributed by atoms with Gasteiger partial charge in [0.15, 0.2) is 0 Å². The third kappa shape index (κ3) is 32.8. The summed E-state index contributed by atoms with van der Waals surface area (Å²) in [6, 6.07) is 0. The van der Waals surface area contributed by atoms with Crippen LogP contribution in [0.1, 0.15) is 174 Å². The highest BCUT2D eigenvalue weighted by atomic mass is 16.5. The maximum atomic E-state index is 11.0. The second-order valence-electron chi connectivity index (χ2n) is 22.8. The monoisotopic (exact) mass is 1140 g/mol. The lowest BCUT2D eigenvalue weighted by Gasteiger charge is -2.40. The topological polar surface area (TPSA) is 434 Å². The second kappa shape index (κ2) is 42.2. The van der Waals surface area contributed by atoms with Crippen molar-refractivity contribution in [3.8, 4) is 0 Å². The maximum Gasteiger partial charge on any atom is 0.112 e. The summed E-state index contributed by atoms with van der Waals surface area (Å²) in [5, 5.41) is 221. The van der Waals surface area contributed by atoms with E-state index in [9.17, 15) is 107 Å². The number of unbranched alkanes of at least 4 members (excludes halogenated alkanes) is 5. The Kier molecular flexibility index (Phi) is 40.2. The lowest BCUT2D eigenvalue weighted by Crippen LogP contribution is -2.54. The predicted octanol–water partition coefficient (Wildman–Crippen LogP) is -0.960. The molecule has 0 aromatic rings. The number of rotatable bonds is 48. The summed E-state index contributed by atoms with van der Waals surface area (Å²) in [5.74, 6) is -0.374. The van der Waals surface area contributed by atoms with Crippen LogP contribution in [0.5, 0.6) is 0 Å². The molecule has 1 aliphatic heterocycles. The summed E-state index contributed by atoms with van der Waals surface area (Å²) in [6.07, 6.45) is -19.2. The fourth-order valence-electron chi connectivity index (χ4n) is 10.2. The highest BCUT2D eigenvalue weighted by Gasteiger charge is 2.42. The Morgan fingerprint density at radius 1 is 0.418 bits per heavy atom. The Hall–Kier alpha value is -1.66. The third-order valence-corrected chi connectivity index (χ3v) is 15.4. The van der Waals surface area contributed by atoms with Gasteiger partial charge in [-0.05, 0) is 109 Å². The minimum Gasteiger partial charge on any atom is -0.393 e. The molecule has 468 valence electrons. The van der Waals surface area contributed by atoms with E-state index in [1.807, 2.05) is 6.08 Å². The van der Waals surface area contributed by atoms with E-state index in [4.69, 9.17) is 4.74 Å². The normalized spacial score (nSPS) is 25.0. The van der Waals surface area contributed by atoms with Crippen molar-refractivity contribution in [1.82, 2.24) is 0 Å². The Morgan fingerprint density at radius 3 is 1.49 bits per heavy atom. The molecule has 0 aliphatic carbocycles. The van der Waals surface area contributed by atoms with Crippen molar-refractivity contribution in [3.63, 3.8) is 0 Å². The van der Waals surface area contributed by atoms with Gasteiger partial charge in [-0.25, -0.2) is 0 Å². The van der Waals surface area contributed by atoms with Gasteiger partial charge in [0.05, 0.1) is 116 Å². The molecule has 1 saturated heterocycles. The fraction of sp³-hybridized carbons (Fsp3) is 0.895. The number of aliphatic hydroxyl groups is 21. The van der Waals surface area contributed by atoms with Crippen molar-refractivity contribution in [2.24, 2.45) is 5.92 Å². The van der Waals surface area contributed by atoms with Crippen LogP contribution in [0.25, 0.3) is 0 Å². The zero-order valence-corrected chi connectivity index (χ0v) is 46.8. The van der Waals surface area contributed by atoms with Crippen LogP contribution in [-0.2, 0) is 4.74 Å². The molecule has 1 aliphatic rings. The van der Waals surface area contributed by atoms with Crippen LogP contribution in [0.4, 0.5) is 0 Å². The standard InChI is InChI=1S/C57H108O22/c1-4-6-8-9-10-11-12-14-16-35(58)18-15-19-43(65)47(69)32-50(72)55(77)52(74)33-51(73)54(76)48(70)29-41(64)30-53(75)57-56(78)49(71)31-42(79-57)23-22-38(61)26-45(67)46(68)28-40(63)27-44(66)34(3)20-21-37(60)25-39(62)24-36(59)17-13-7-5-2/h4-6,8,34-78H,1-2,7,9-33H2,3H3. The molecule has 0 spiro atoms. The van der Waals surface area contributed by atoms with Crippen LogP contribution in [-0.4, -0.2) is 248 Å². The zero-order chi connectivity index (χ0) is 59.8. The van der Waals surface area contributed by atoms with Crippen molar-refractivity contribution in [2.45, 2.75) is 314 Å². The average molecular weight is 1150 g/mol. The number of aliphatic hydroxyl groups excluding tert-OH is 21. The minimum absolute atomic E-state index is 0.0354. The van der Waals surface area contributed by atoms with Crippen LogP contribution in [0.2, 0.25) is 0 Å². The summed E-state index contributed by atoms with van der Waals surface area (Å²) < 4.78 is 5.83. The molecule has 21 N–H and O–H groups in total. The number of hydrogen-bond acceptors (Lipinski definition) is 22. The van der Waals surface area contributed by atoms with Crippen molar-refractivity contribution < 1.29 is 112 Å². The lowest BCUT2D eigenvalue weighted by atomic mass is 9.88. The largest absolute Gasteiger partial charge is 0.393 e. The highest BCUT2D eigenvalue weighted by molar-refractivity contribution is 4.97. The van der Waals surface area contributed by atoms with Gasteiger partial charge >= 0.3 is 0 Å². The summed E-state index contributed by atoms with van der Waals surface area (Å²) in [6.45, 7) is 8.98. The summed E-state index contributed by atoms with van der Waals surface area (Å²) >= 11 is 0. The predicted molar refractivity (Wildman–Crippen MR) is 294 cm³/mol. The van der Waals surface area contributed by atoms with Gasteiger partial charge in [-0.1, -0.05) is 57.1 Å². The molecule has 22 nitrogen and oxygen atoms in total. The van der Waals surface area contributed by atoms with E-state index in [0.717, 1.165) is 44.9 Å². The zero-order valence-electron chi connectivity index (χ0n) is 46.8. The van der Waals surface area contributed by atoms with Crippen molar-refractivity contribution in [1.29, 1.82) is 0 Å². The Labute approximate surface area is 468 Å². The van der Waals surface area contributed by atoms with Gasteiger partial charge in [0, 0.05) is 44.9 Å². The van der Waals surface area contributed by atoms with Gasteiger partial charge in [0.1, 0.15) is 24.4 Å². The van der Waals surface area contributed by atoms with E-state index in [1.54, 1.807) is 19.1 Å². The van der Waals surface area contributed by atoms with Crippen LogP contribution < -0.4 is 0 Å². The molecule has 0 aromatic carbocycles. The summed E-state index contributed by atoms with van der Waals surface area (Å²) in [5.41, 5.74) is 0. The van der Waals surface area contributed by atoms with Crippen LogP contribution >= 0.6 is 0 Å². The van der Waals surface area contributed by atoms with E-state index < -0.39 is 166 Å². The number of ether oxygens (including phenoxy) is 1. The van der Waals surface area contributed by atoms with Crippen LogP contribution in [0.3, 0.4) is 0 Å². The van der Waals surface area contributed by atoms with Gasteiger partial charge in [0.2, 0.25) is 0 Å². The third-order valence-electron chi connectivity index (χ3n) is 15.4. The molecule has 0 bridgehead atoms. The summed E-state index contributed by atoms with van der Waals surface area (Å²) in [7, 11) is 0. The molecule has 24 atom stereocenters. The van der Waals surface area contributed by atoms with Crippen LogP contribution in [0, 0.1) is 5.92 Å². The fourth-order valence-corrected chi connectivity index (χ4v) is 10.2. The van der Waals surface area contributed by atoms with Gasteiger partial charge in [-0.2, -0.15) is 0 Å². The molecule has 0 radical (unpaired) electrons. The molecule has 0 saturated carbocycles. The second-order valence-corrected chi connectivity index (χ2v) is 22.8. The first-order valence-corrected chi connectivity index (χ1v) is 29.0. The van der Waals surface area contributed by atoms with Crippen molar-refractivity contribution in [3.05, 3.63) is 37.5 Å². The SMILES string of the molecule is C=CC=CCCCCCCC(O)CCCC(O)C(O)CC(O)C(O)C(O)CC(O)C(O)C(O)CC(O)CC(O)C1OC(CCC(O)CC(O)C(O)CC(O)CC(O)C(C)CCC(O)CC(O)CC(O)CCCC=C)CC(O)C1O. The van der Waals surface area contributed by atoms with Gasteiger partial charge in [-0.15, -0.1) is 6.58 Å². The molecule has 0 aromatic heterocycles. The molecule has 0 amide bonds. The molecule has 1 heterocycles. The molecular formula is C57H108O22. The first kappa shape index (κ1) is 75.4. The quantitative estimate of drug-likeness (QED) is 0.0198. The highest BCUT2D eigenvalue weighted by Crippen LogP contribution is 2.29. The average Bonchev–Trinajstić information content (AvgIpc) is 3.37. The van der Waals surface area contributed by atoms with Gasteiger partial charge in [0.25, 0.3) is 0 Å². The van der Waals surface area contributed by atoms with Crippen molar-refractivity contribution in [2.75, 3.05) is 0 Å². The Morgan fingerprint density at radius 2 is 0.886 bits per heavy atom. The molecule has 1 rings (SSSR count). The molecular weight excluding hydrogens is 1040 g/mol. The smallest absolute Gasteiger partial charge is 0.112 e. The minimum atomic E-state index is -2.02. The summed E-state index contributed by atoms with van der Waals surface area (Å²) in [4.78, 5) is 0. The molecule has 24 unspecified atom stereocenters. The number of allylic oxidation sites excluding steroid dienone is 4. The van der Waals surface area contributed by atoms with Gasteiger partial charge < -0.3 is 112 Å². The van der Waals surface area contributed by atoms with Gasteiger partial charge in [-0.3, -0.25) is 0 Å². The van der Waals surface area contributed by atoms with E-state index in [2.05, 4.69) is 19.2 Å². The first-order chi connectivity index (χ1) is 37.2. The van der Waals surface area contributed by atoms with E-state index in [0.29, 0.717) is 32.1 Å². The van der Waals surface area contributed by atoms with Crippen molar-refractivity contribution >= 4 is 0 Å². The number of hydrogen-bond donors (Lipinski definition) is 21.